The zero-order valence-electron chi connectivity index (χ0n) is 10.4. The van der Waals surface area contributed by atoms with E-state index in [0.29, 0.717) is 17.1 Å². The topological polar surface area (TPSA) is 126 Å². The van der Waals surface area contributed by atoms with Gasteiger partial charge in [0.1, 0.15) is 5.69 Å². The van der Waals surface area contributed by atoms with Gasteiger partial charge in [-0.25, -0.2) is 9.97 Å². The summed E-state index contributed by atoms with van der Waals surface area (Å²) in [4.78, 5) is 12.2. The molecule has 0 aromatic carbocycles. The first-order valence-corrected chi connectivity index (χ1v) is 5.73. The molecule has 0 spiro atoms. The number of likely N-dealkylation sites (N-methyl/N-ethyl adjacent to an activating group) is 1. The lowest BCUT2D eigenvalue weighted by Crippen LogP contribution is -2.46. The van der Waals surface area contributed by atoms with Crippen LogP contribution >= 0.6 is 0 Å². The Labute approximate surface area is 109 Å². The van der Waals surface area contributed by atoms with E-state index >= 15 is 0 Å². The predicted octanol–water partition coefficient (Wildman–Crippen LogP) is -1.23. The van der Waals surface area contributed by atoms with Crippen LogP contribution < -0.4 is 4.90 Å². The smallest absolute Gasteiger partial charge is 0.218 e. The normalized spacial score (nSPS) is 14.5. The predicted molar refractivity (Wildman–Crippen MR) is 67.0 cm³/mol. The molecule has 5 N–H and O–H groups in total. The fourth-order valence-corrected chi connectivity index (χ4v) is 1.96. The number of rotatable bonds is 5. The fourth-order valence-electron chi connectivity index (χ4n) is 1.96. The molecule has 0 fully saturated rings. The molecule has 0 unspecified atom stereocenters. The molecule has 0 aliphatic carbocycles. The zero-order valence-corrected chi connectivity index (χ0v) is 10.4. The Morgan fingerprint density at radius 3 is 2.63 bits per heavy atom. The lowest BCUT2D eigenvalue weighted by atomic mass is 10.1. The van der Waals surface area contributed by atoms with Gasteiger partial charge in [-0.2, -0.15) is 0 Å². The van der Waals surface area contributed by atoms with Crippen LogP contribution in [0.2, 0.25) is 0 Å². The average Bonchev–Trinajstić information content (AvgIpc) is 2.84. The van der Waals surface area contributed by atoms with Crippen LogP contribution in [0.3, 0.4) is 0 Å². The fraction of sp³-hybridized carbons (Fsp3) is 0.455. The molecule has 0 aromatic rings. The Hall–Kier alpha value is -1.90. The SMILES string of the molecule is CN(c1cnc2c(O)[nH]cnc1-2)[C@@H](CO)[C@@H](O)CO. The van der Waals surface area contributed by atoms with Gasteiger partial charge in [0.05, 0.1) is 43.6 Å². The largest absolute Gasteiger partial charge is 0.493 e. The number of hydrogen-bond acceptors (Lipinski definition) is 7. The molecular formula is C11H16N4O4. The highest BCUT2D eigenvalue weighted by Gasteiger charge is 2.27. The number of nitrogens with one attached hydrogen (secondary N) is 1. The highest BCUT2D eigenvalue weighted by Crippen LogP contribution is 2.34. The van der Waals surface area contributed by atoms with Crippen molar-refractivity contribution < 1.29 is 20.4 Å². The van der Waals surface area contributed by atoms with Gasteiger partial charge in [-0.3, -0.25) is 0 Å². The van der Waals surface area contributed by atoms with E-state index in [1.807, 2.05) is 0 Å². The molecule has 19 heavy (non-hydrogen) atoms. The highest BCUT2D eigenvalue weighted by molar-refractivity contribution is 5.77. The number of anilines is 1. The third-order valence-corrected chi connectivity index (χ3v) is 3.10. The number of aromatic nitrogens is 3. The molecule has 2 aliphatic rings. The second-order valence-corrected chi connectivity index (χ2v) is 4.20. The molecule has 2 heterocycles. The quantitative estimate of drug-likeness (QED) is 0.459. The number of H-pyrrole nitrogens is 1. The molecular weight excluding hydrogens is 252 g/mol. The molecule has 2 rings (SSSR count). The summed E-state index contributed by atoms with van der Waals surface area (Å²) in [6.45, 7) is -0.802. The van der Waals surface area contributed by atoms with Crippen LogP contribution in [-0.4, -0.2) is 67.8 Å². The second kappa shape index (κ2) is 5.39. The Bertz CT molecular complexity index is 518. The van der Waals surface area contributed by atoms with E-state index in [0.717, 1.165) is 0 Å². The van der Waals surface area contributed by atoms with Crippen molar-refractivity contribution in [2.45, 2.75) is 12.1 Å². The van der Waals surface area contributed by atoms with E-state index in [1.54, 1.807) is 11.9 Å². The number of hydrogen-bond donors (Lipinski definition) is 5. The first-order valence-electron chi connectivity index (χ1n) is 5.73. The van der Waals surface area contributed by atoms with Crippen molar-refractivity contribution in [1.82, 2.24) is 15.0 Å². The van der Waals surface area contributed by atoms with Crippen molar-refractivity contribution in [3.63, 3.8) is 0 Å². The number of aromatic amines is 1. The standard InChI is InChI=1S/C11H16N4O4/c1-15(7(3-16)8(18)4-17)6-2-12-10-9(6)13-5-14-11(10)19/h2,5,7-8,16-19H,3-4H2,1H3,(H,13,14)/t7-,8-/m0/s1. The van der Waals surface area contributed by atoms with E-state index < -0.39 is 18.8 Å². The van der Waals surface area contributed by atoms with Gasteiger partial charge in [0.25, 0.3) is 0 Å². The van der Waals surface area contributed by atoms with Crippen LogP contribution in [0.4, 0.5) is 5.69 Å². The molecule has 0 saturated carbocycles. The van der Waals surface area contributed by atoms with Crippen LogP contribution in [0, 0.1) is 0 Å². The van der Waals surface area contributed by atoms with Gasteiger partial charge in [0.2, 0.25) is 5.88 Å². The van der Waals surface area contributed by atoms with Gasteiger partial charge < -0.3 is 30.3 Å². The monoisotopic (exact) mass is 268 g/mol. The van der Waals surface area contributed by atoms with Crippen LogP contribution in [-0.2, 0) is 0 Å². The van der Waals surface area contributed by atoms with E-state index in [1.165, 1.54) is 12.5 Å². The maximum absolute atomic E-state index is 9.67. The molecule has 8 heteroatoms. The molecule has 0 bridgehead atoms. The molecule has 0 amide bonds. The van der Waals surface area contributed by atoms with Crippen LogP contribution in [0.1, 0.15) is 0 Å². The van der Waals surface area contributed by atoms with E-state index in [9.17, 15) is 15.3 Å². The first-order chi connectivity index (χ1) is 9.10. The van der Waals surface area contributed by atoms with Crippen LogP contribution in [0.5, 0.6) is 5.88 Å². The lowest BCUT2D eigenvalue weighted by Gasteiger charge is -2.30. The average molecular weight is 268 g/mol. The summed E-state index contributed by atoms with van der Waals surface area (Å²) in [5.74, 6) is -0.104. The molecule has 2 aliphatic heterocycles. The summed E-state index contributed by atoms with van der Waals surface area (Å²) >= 11 is 0. The number of aromatic hydroxyl groups is 1. The van der Waals surface area contributed by atoms with Crippen molar-refractivity contribution in [2.75, 3.05) is 25.2 Å². The molecule has 0 saturated heterocycles. The Balaban J connectivity index is 2.35. The van der Waals surface area contributed by atoms with Gasteiger partial charge in [0.15, 0.2) is 5.69 Å². The van der Waals surface area contributed by atoms with Crippen molar-refractivity contribution >= 4 is 5.69 Å². The van der Waals surface area contributed by atoms with Crippen molar-refractivity contribution in [3.05, 3.63) is 12.5 Å². The highest BCUT2D eigenvalue weighted by atomic mass is 16.3. The maximum Gasteiger partial charge on any atom is 0.218 e. The summed E-state index contributed by atoms with van der Waals surface area (Å²) in [5.41, 5.74) is 1.30. The van der Waals surface area contributed by atoms with Gasteiger partial charge in [0, 0.05) is 7.05 Å². The van der Waals surface area contributed by atoms with Crippen LogP contribution in [0.15, 0.2) is 12.5 Å². The molecule has 8 nitrogen and oxygen atoms in total. The summed E-state index contributed by atoms with van der Waals surface area (Å²) in [6, 6.07) is -0.689. The van der Waals surface area contributed by atoms with Gasteiger partial charge in [-0.15, -0.1) is 0 Å². The second-order valence-electron chi connectivity index (χ2n) is 4.20. The minimum Gasteiger partial charge on any atom is -0.493 e. The van der Waals surface area contributed by atoms with E-state index in [4.69, 9.17) is 5.11 Å². The summed E-state index contributed by atoms with van der Waals surface area (Å²) in [5, 5.41) is 37.6. The van der Waals surface area contributed by atoms with Gasteiger partial charge >= 0.3 is 0 Å². The van der Waals surface area contributed by atoms with Crippen molar-refractivity contribution in [1.29, 1.82) is 0 Å². The molecule has 0 radical (unpaired) electrons. The zero-order chi connectivity index (χ0) is 14.0. The summed E-state index contributed by atoms with van der Waals surface area (Å²) < 4.78 is 0. The number of nitrogens with zero attached hydrogens (tertiary/aromatic N) is 3. The van der Waals surface area contributed by atoms with Gasteiger partial charge in [-0.05, 0) is 0 Å². The van der Waals surface area contributed by atoms with Gasteiger partial charge in [-0.1, -0.05) is 0 Å². The third-order valence-electron chi connectivity index (χ3n) is 3.10. The molecule has 104 valence electrons. The first kappa shape index (κ1) is 13.5. The lowest BCUT2D eigenvalue weighted by molar-refractivity contribution is 0.0533. The Morgan fingerprint density at radius 2 is 2.00 bits per heavy atom. The number of aliphatic hydroxyl groups is 3. The minimum atomic E-state index is -1.09. The molecule has 2 atom stereocenters. The number of fused-ring (bicyclic) bond motifs is 1. The third kappa shape index (κ3) is 2.33. The van der Waals surface area contributed by atoms with Crippen LogP contribution in [0.25, 0.3) is 11.4 Å². The van der Waals surface area contributed by atoms with E-state index in [2.05, 4.69) is 15.0 Å². The van der Waals surface area contributed by atoms with Crippen molar-refractivity contribution in [2.24, 2.45) is 0 Å². The van der Waals surface area contributed by atoms with E-state index in [-0.39, 0.29) is 12.5 Å². The summed E-state index contributed by atoms with van der Waals surface area (Å²) in [7, 11) is 1.64. The Kier molecular flexibility index (Phi) is 3.84. The molecule has 0 aromatic heterocycles. The number of aliphatic hydroxyl groups excluding tert-OH is 3. The minimum absolute atomic E-state index is 0.104. The summed E-state index contributed by atoms with van der Waals surface area (Å²) in [6.07, 6.45) is 1.72. The maximum atomic E-state index is 9.67. The Morgan fingerprint density at radius 1 is 1.26 bits per heavy atom. The van der Waals surface area contributed by atoms with Crippen molar-refractivity contribution in [3.8, 4) is 17.3 Å².